The lowest BCUT2D eigenvalue weighted by Gasteiger charge is -2.13. The highest BCUT2D eigenvalue weighted by molar-refractivity contribution is 5.50. The number of aromatic hydroxyl groups is 1. The van der Waals surface area contributed by atoms with E-state index in [0.29, 0.717) is 11.3 Å². The summed E-state index contributed by atoms with van der Waals surface area (Å²) in [6.45, 7) is 1.54. The number of halogens is 4. The number of hydrogen-bond acceptors (Lipinski definition) is 2. The van der Waals surface area contributed by atoms with Gasteiger partial charge in [-0.2, -0.15) is 13.2 Å². The number of aryl methyl sites for hydroxylation is 1. The Morgan fingerprint density at radius 1 is 1.10 bits per heavy atom. The molecule has 0 aliphatic rings. The van der Waals surface area contributed by atoms with Crippen molar-refractivity contribution >= 4 is 5.69 Å². The average Bonchev–Trinajstić information content (AvgIpc) is 2.40. The lowest BCUT2D eigenvalue weighted by Crippen LogP contribution is -2.09. The second-order valence-electron chi connectivity index (χ2n) is 4.67. The third kappa shape index (κ3) is 3.65. The summed E-state index contributed by atoms with van der Waals surface area (Å²) < 4.78 is 51.5. The fourth-order valence-electron chi connectivity index (χ4n) is 1.90. The third-order valence-electron chi connectivity index (χ3n) is 3.05. The Bertz CT molecular complexity index is 653. The molecule has 2 aromatic rings. The first-order valence-corrected chi connectivity index (χ1v) is 6.16. The Labute approximate surface area is 119 Å². The summed E-state index contributed by atoms with van der Waals surface area (Å²) in [6.07, 6.45) is -4.41. The molecule has 0 spiro atoms. The normalized spacial score (nSPS) is 11.5. The van der Waals surface area contributed by atoms with Crippen molar-refractivity contribution in [1.29, 1.82) is 0 Å². The predicted octanol–water partition coefficient (Wildman–Crippen LogP) is 4.47. The maximum absolute atomic E-state index is 13.2. The van der Waals surface area contributed by atoms with Crippen LogP contribution in [0.4, 0.5) is 23.2 Å². The van der Waals surface area contributed by atoms with Crippen LogP contribution in [0.3, 0.4) is 0 Å². The van der Waals surface area contributed by atoms with Crippen molar-refractivity contribution in [2.24, 2.45) is 0 Å². The molecule has 0 aromatic heterocycles. The minimum absolute atomic E-state index is 0.142. The minimum Gasteiger partial charge on any atom is -0.505 e. The van der Waals surface area contributed by atoms with Crippen LogP contribution in [0.1, 0.15) is 16.7 Å². The first-order chi connectivity index (χ1) is 9.77. The van der Waals surface area contributed by atoms with Crippen LogP contribution in [0.2, 0.25) is 0 Å². The van der Waals surface area contributed by atoms with Gasteiger partial charge < -0.3 is 10.4 Å². The van der Waals surface area contributed by atoms with E-state index in [1.807, 2.05) is 0 Å². The summed E-state index contributed by atoms with van der Waals surface area (Å²) >= 11 is 0. The molecule has 2 aromatic carbocycles. The number of hydrogen-bond donors (Lipinski definition) is 2. The Morgan fingerprint density at radius 2 is 1.81 bits per heavy atom. The van der Waals surface area contributed by atoms with Gasteiger partial charge in [0.25, 0.3) is 0 Å². The van der Waals surface area contributed by atoms with Gasteiger partial charge in [-0.25, -0.2) is 4.39 Å². The van der Waals surface area contributed by atoms with Crippen molar-refractivity contribution in [3.8, 4) is 5.75 Å². The van der Waals surface area contributed by atoms with Gasteiger partial charge in [0.1, 0.15) is 0 Å². The summed E-state index contributed by atoms with van der Waals surface area (Å²) in [6, 6.07) is 7.74. The second kappa shape index (κ2) is 5.63. The van der Waals surface area contributed by atoms with Crippen LogP contribution >= 0.6 is 0 Å². The molecule has 0 heterocycles. The molecule has 2 nitrogen and oxygen atoms in total. The van der Waals surface area contributed by atoms with Gasteiger partial charge in [-0.05, 0) is 42.3 Å². The standard InChI is InChI=1S/C15H13F4NO/c1-9-2-4-11(7-12(9)15(17,18)19)20-8-10-3-5-14(21)13(16)6-10/h2-7,20-21H,8H2,1H3. The highest BCUT2D eigenvalue weighted by Gasteiger charge is 2.32. The van der Waals surface area contributed by atoms with E-state index in [1.54, 1.807) is 0 Å². The van der Waals surface area contributed by atoms with E-state index in [4.69, 9.17) is 5.11 Å². The number of nitrogens with one attached hydrogen (secondary N) is 1. The van der Waals surface area contributed by atoms with Gasteiger partial charge in [-0.3, -0.25) is 0 Å². The maximum atomic E-state index is 13.2. The second-order valence-corrected chi connectivity index (χ2v) is 4.67. The fraction of sp³-hybridized carbons (Fsp3) is 0.200. The Kier molecular flexibility index (Phi) is 4.06. The minimum atomic E-state index is -4.41. The van der Waals surface area contributed by atoms with Crippen LogP contribution in [0.25, 0.3) is 0 Å². The van der Waals surface area contributed by atoms with E-state index in [-0.39, 0.29) is 12.1 Å². The Balaban J connectivity index is 2.15. The van der Waals surface area contributed by atoms with E-state index in [2.05, 4.69) is 5.32 Å². The van der Waals surface area contributed by atoms with Gasteiger partial charge >= 0.3 is 6.18 Å². The van der Waals surface area contributed by atoms with Crippen LogP contribution < -0.4 is 5.32 Å². The summed E-state index contributed by atoms with van der Waals surface area (Å²) in [5.41, 5.74) is 0.244. The molecule has 0 radical (unpaired) electrons. The molecule has 0 saturated carbocycles. The van der Waals surface area contributed by atoms with E-state index >= 15 is 0 Å². The van der Waals surface area contributed by atoms with Crippen LogP contribution in [-0.2, 0) is 12.7 Å². The number of rotatable bonds is 3. The number of phenols is 1. The van der Waals surface area contributed by atoms with Crippen molar-refractivity contribution < 1.29 is 22.7 Å². The summed E-state index contributed by atoms with van der Waals surface area (Å²) in [5, 5.41) is 11.9. The average molecular weight is 299 g/mol. The van der Waals surface area contributed by atoms with Crippen LogP contribution in [-0.4, -0.2) is 5.11 Å². The van der Waals surface area contributed by atoms with Gasteiger partial charge in [-0.1, -0.05) is 12.1 Å². The molecule has 0 saturated heterocycles. The van der Waals surface area contributed by atoms with Crippen molar-refractivity contribution in [3.63, 3.8) is 0 Å². The van der Waals surface area contributed by atoms with Crippen LogP contribution in [0.5, 0.6) is 5.75 Å². The SMILES string of the molecule is Cc1ccc(NCc2ccc(O)c(F)c2)cc1C(F)(F)F. The zero-order valence-electron chi connectivity index (χ0n) is 11.1. The zero-order chi connectivity index (χ0) is 15.6. The van der Waals surface area contributed by atoms with Crippen LogP contribution in [0, 0.1) is 12.7 Å². The van der Waals surface area contributed by atoms with Crippen molar-refractivity contribution in [3.05, 3.63) is 58.9 Å². The van der Waals surface area contributed by atoms with E-state index in [9.17, 15) is 17.6 Å². The van der Waals surface area contributed by atoms with Crippen molar-refractivity contribution in [2.45, 2.75) is 19.6 Å². The quantitative estimate of drug-likeness (QED) is 0.820. The first kappa shape index (κ1) is 15.2. The molecule has 21 heavy (non-hydrogen) atoms. The Hall–Kier alpha value is -2.24. The van der Waals surface area contributed by atoms with Crippen molar-refractivity contribution in [2.75, 3.05) is 5.32 Å². The molecular weight excluding hydrogens is 286 g/mol. The number of anilines is 1. The topological polar surface area (TPSA) is 32.3 Å². The Morgan fingerprint density at radius 3 is 2.43 bits per heavy atom. The van der Waals surface area contributed by atoms with Gasteiger partial charge in [-0.15, -0.1) is 0 Å². The predicted molar refractivity (Wildman–Crippen MR) is 71.6 cm³/mol. The lowest BCUT2D eigenvalue weighted by atomic mass is 10.1. The van der Waals surface area contributed by atoms with E-state index < -0.39 is 23.3 Å². The third-order valence-corrected chi connectivity index (χ3v) is 3.05. The van der Waals surface area contributed by atoms with Crippen LogP contribution in [0.15, 0.2) is 36.4 Å². The highest BCUT2D eigenvalue weighted by Crippen LogP contribution is 2.33. The summed E-state index contributed by atoms with van der Waals surface area (Å²) in [7, 11) is 0. The first-order valence-electron chi connectivity index (χ1n) is 6.16. The summed E-state index contributed by atoms with van der Waals surface area (Å²) in [4.78, 5) is 0. The zero-order valence-corrected chi connectivity index (χ0v) is 11.1. The molecule has 0 aliphatic heterocycles. The highest BCUT2D eigenvalue weighted by atomic mass is 19.4. The maximum Gasteiger partial charge on any atom is 0.416 e. The summed E-state index contributed by atoms with van der Waals surface area (Å²) in [5.74, 6) is -1.23. The molecule has 0 fully saturated rings. The van der Waals surface area contributed by atoms with Crippen molar-refractivity contribution in [1.82, 2.24) is 0 Å². The van der Waals surface area contributed by atoms with Gasteiger partial charge in [0.05, 0.1) is 5.56 Å². The number of benzene rings is 2. The molecule has 0 unspecified atom stereocenters. The monoisotopic (exact) mass is 299 g/mol. The lowest BCUT2D eigenvalue weighted by molar-refractivity contribution is -0.138. The molecule has 6 heteroatoms. The van der Waals surface area contributed by atoms with E-state index in [1.165, 1.54) is 31.2 Å². The molecule has 0 bridgehead atoms. The molecule has 2 rings (SSSR count). The molecule has 0 aliphatic carbocycles. The smallest absolute Gasteiger partial charge is 0.416 e. The van der Waals surface area contributed by atoms with Gasteiger partial charge in [0.2, 0.25) is 0 Å². The van der Waals surface area contributed by atoms with Gasteiger partial charge in [0, 0.05) is 12.2 Å². The molecule has 112 valence electrons. The molecular formula is C15H13F4NO. The molecule has 0 amide bonds. The molecule has 2 N–H and O–H groups in total. The fourth-order valence-corrected chi connectivity index (χ4v) is 1.90. The number of alkyl halides is 3. The number of phenolic OH excluding ortho intramolecular Hbond substituents is 1. The van der Waals surface area contributed by atoms with Gasteiger partial charge in [0.15, 0.2) is 11.6 Å². The molecule has 0 atom stereocenters. The van der Waals surface area contributed by atoms with E-state index in [0.717, 1.165) is 12.1 Å². The largest absolute Gasteiger partial charge is 0.505 e.